The van der Waals surface area contributed by atoms with Gasteiger partial charge < -0.3 is 10.2 Å². The van der Waals surface area contributed by atoms with Crippen LogP contribution in [0, 0.1) is 6.92 Å². The molecule has 0 spiro atoms. The third-order valence-corrected chi connectivity index (χ3v) is 3.46. The van der Waals surface area contributed by atoms with Crippen LogP contribution in [-0.4, -0.2) is 35.5 Å². The first-order valence-electron chi connectivity index (χ1n) is 5.19. The van der Waals surface area contributed by atoms with Gasteiger partial charge in [0, 0.05) is 37.1 Å². The molecule has 2 amide bonds. The maximum atomic E-state index is 11.4. The molecule has 4 nitrogen and oxygen atoms in total. The molecule has 0 aromatic carbocycles. The number of urea groups is 1. The average Bonchev–Trinajstić information content (AvgIpc) is 2.63. The van der Waals surface area contributed by atoms with Crippen molar-refractivity contribution >= 4 is 17.4 Å². The van der Waals surface area contributed by atoms with E-state index in [0.29, 0.717) is 0 Å². The molecule has 1 fully saturated rings. The van der Waals surface area contributed by atoms with E-state index in [1.165, 1.54) is 0 Å². The molecule has 0 unspecified atom stereocenters. The van der Waals surface area contributed by atoms with Gasteiger partial charge in [0.25, 0.3) is 0 Å². The van der Waals surface area contributed by atoms with Gasteiger partial charge in [-0.05, 0) is 13.3 Å². The number of carbonyl (C=O) groups excluding carboxylic acids is 1. The van der Waals surface area contributed by atoms with E-state index in [2.05, 4.69) is 10.3 Å². The molecule has 0 bridgehead atoms. The van der Waals surface area contributed by atoms with Crippen LogP contribution in [0.25, 0.3) is 0 Å². The minimum atomic E-state index is 0.0644. The SMILES string of the molecule is Cc1csc(CCN2CCCNC2=O)n1. The quantitative estimate of drug-likeness (QED) is 0.845. The van der Waals surface area contributed by atoms with Crippen molar-refractivity contribution in [2.75, 3.05) is 19.6 Å². The molecule has 0 radical (unpaired) electrons. The van der Waals surface area contributed by atoms with Crippen LogP contribution in [0.3, 0.4) is 0 Å². The second-order valence-corrected chi connectivity index (χ2v) is 4.65. The zero-order valence-electron chi connectivity index (χ0n) is 8.82. The summed E-state index contributed by atoms with van der Waals surface area (Å²) in [7, 11) is 0. The minimum absolute atomic E-state index is 0.0644. The Morgan fingerprint density at radius 1 is 1.67 bits per heavy atom. The largest absolute Gasteiger partial charge is 0.338 e. The summed E-state index contributed by atoms with van der Waals surface area (Å²) >= 11 is 1.67. The molecule has 5 heteroatoms. The van der Waals surface area contributed by atoms with Gasteiger partial charge >= 0.3 is 6.03 Å². The Bertz CT molecular complexity index is 350. The van der Waals surface area contributed by atoms with Gasteiger partial charge in [0.2, 0.25) is 0 Å². The molecule has 0 atom stereocenters. The van der Waals surface area contributed by atoms with Crippen LogP contribution in [0.5, 0.6) is 0 Å². The van der Waals surface area contributed by atoms with Crippen molar-refractivity contribution < 1.29 is 4.79 Å². The summed E-state index contributed by atoms with van der Waals surface area (Å²) in [4.78, 5) is 17.7. The molecule has 1 saturated heterocycles. The van der Waals surface area contributed by atoms with E-state index in [-0.39, 0.29) is 6.03 Å². The number of hydrogen-bond acceptors (Lipinski definition) is 3. The molecule has 1 aromatic heterocycles. The van der Waals surface area contributed by atoms with Crippen molar-refractivity contribution in [2.24, 2.45) is 0 Å². The van der Waals surface area contributed by atoms with Crippen LogP contribution in [0.4, 0.5) is 4.79 Å². The smallest absolute Gasteiger partial charge is 0.317 e. The highest BCUT2D eigenvalue weighted by atomic mass is 32.1. The normalized spacial score (nSPS) is 16.6. The molecular formula is C10H15N3OS. The van der Waals surface area contributed by atoms with Gasteiger partial charge in [-0.2, -0.15) is 0 Å². The third kappa shape index (κ3) is 2.68. The second-order valence-electron chi connectivity index (χ2n) is 3.71. The lowest BCUT2D eigenvalue weighted by Gasteiger charge is -2.26. The summed E-state index contributed by atoms with van der Waals surface area (Å²) in [6.07, 6.45) is 1.91. The van der Waals surface area contributed by atoms with Gasteiger partial charge in [-0.1, -0.05) is 0 Å². The summed E-state index contributed by atoms with van der Waals surface area (Å²) in [6.45, 7) is 4.45. The Hall–Kier alpha value is -1.10. The number of thiazole rings is 1. The molecule has 0 aliphatic carbocycles. The topological polar surface area (TPSA) is 45.2 Å². The van der Waals surface area contributed by atoms with Crippen molar-refractivity contribution in [3.05, 3.63) is 16.1 Å². The maximum Gasteiger partial charge on any atom is 0.317 e. The number of hydrogen-bond donors (Lipinski definition) is 1. The lowest BCUT2D eigenvalue weighted by molar-refractivity contribution is 0.187. The van der Waals surface area contributed by atoms with Crippen molar-refractivity contribution in [3.63, 3.8) is 0 Å². The molecule has 2 heterocycles. The fourth-order valence-electron chi connectivity index (χ4n) is 1.64. The van der Waals surface area contributed by atoms with Crippen LogP contribution >= 0.6 is 11.3 Å². The highest BCUT2D eigenvalue weighted by Gasteiger charge is 2.16. The van der Waals surface area contributed by atoms with Gasteiger partial charge in [0.15, 0.2) is 0 Å². The summed E-state index contributed by atoms with van der Waals surface area (Å²) in [6, 6.07) is 0.0644. The van der Waals surface area contributed by atoms with Crippen LogP contribution in [-0.2, 0) is 6.42 Å². The third-order valence-electron chi connectivity index (χ3n) is 2.43. The van der Waals surface area contributed by atoms with Crippen LogP contribution in [0.2, 0.25) is 0 Å². The second kappa shape index (κ2) is 4.61. The number of nitrogens with zero attached hydrogens (tertiary/aromatic N) is 2. The van der Waals surface area contributed by atoms with Crippen LogP contribution < -0.4 is 5.32 Å². The van der Waals surface area contributed by atoms with Crippen molar-refractivity contribution in [2.45, 2.75) is 19.8 Å². The summed E-state index contributed by atoms with van der Waals surface area (Å²) < 4.78 is 0. The lowest BCUT2D eigenvalue weighted by Crippen LogP contribution is -2.47. The van der Waals surface area contributed by atoms with Gasteiger partial charge in [-0.15, -0.1) is 11.3 Å². The number of amides is 2. The Morgan fingerprint density at radius 3 is 3.20 bits per heavy atom. The van der Waals surface area contributed by atoms with Gasteiger partial charge in [-0.3, -0.25) is 0 Å². The standard InChI is InChI=1S/C10H15N3OS/c1-8-7-15-9(12-8)3-6-13-5-2-4-11-10(13)14/h7H,2-6H2,1H3,(H,11,14). The van der Waals surface area contributed by atoms with E-state index < -0.39 is 0 Å². The highest BCUT2D eigenvalue weighted by Crippen LogP contribution is 2.10. The molecular weight excluding hydrogens is 210 g/mol. The molecule has 1 N–H and O–H groups in total. The monoisotopic (exact) mass is 225 g/mol. The van der Waals surface area contributed by atoms with E-state index in [4.69, 9.17) is 0 Å². The Labute approximate surface area is 93.3 Å². The molecule has 1 aromatic rings. The zero-order chi connectivity index (χ0) is 10.7. The number of aryl methyl sites for hydroxylation is 1. The Balaban J connectivity index is 1.84. The summed E-state index contributed by atoms with van der Waals surface area (Å²) in [5.74, 6) is 0. The first-order chi connectivity index (χ1) is 7.25. The predicted molar refractivity (Wildman–Crippen MR) is 60.1 cm³/mol. The van der Waals surface area contributed by atoms with Crippen molar-refractivity contribution in [1.82, 2.24) is 15.2 Å². The Morgan fingerprint density at radius 2 is 2.53 bits per heavy atom. The number of carbonyl (C=O) groups is 1. The molecule has 1 aliphatic heterocycles. The molecule has 1 aliphatic rings. The minimum Gasteiger partial charge on any atom is -0.338 e. The van der Waals surface area contributed by atoms with E-state index >= 15 is 0 Å². The average molecular weight is 225 g/mol. The van der Waals surface area contributed by atoms with Crippen LogP contribution in [0.15, 0.2) is 5.38 Å². The fourth-order valence-corrected chi connectivity index (χ4v) is 2.41. The number of rotatable bonds is 3. The Kier molecular flexibility index (Phi) is 3.20. The van der Waals surface area contributed by atoms with Gasteiger partial charge in [0.1, 0.15) is 0 Å². The fraction of sp³-hybridized carbons (Fsp3) is 0.600. The highest BCUT2D eigenvalue weighted by molar-refractivity contribution is 7.09. The first kappa shape index (κ1) is 10.4. The van der Waals surface area contributed by atoms with E-state index in [1.807, 2.05) is 17.2 Å². The summed E-state index contributed by atoms with van der Waals surface area (Å²) in [5.41, 5.74) is 1.07. The van der Waals surface area contributed by atoms with Gasteiger partial charge in [0.05, 0.1) is 5.01 Å². The summed E-state index contributed by atoms with van der Waals surface area (Å²) in [5, 5.41) is 6.01. The first-order valence-corrected chi connectivity index (χ1v) is 6.07. The van der Waals surface area contributed by atoms with E-state index in [1.54, 1.807) is 11.3 Å². The van der Waals surface area contributed by atoms with E-state index in [9.17, 15) is 4.79 Å². The molecule has 82 valence electrons. The molecule has 0 saturated carbocycles. The predicted octanol–water partition coefficient (Wildman–Crippen LogP) is 1.41. The zero-order valence-corrected chi connectivity index (χ0v) is 9.64. The van der Waals surface area contributed by atoms with Crippen LogP contribution in [0.1, 0.15) is 17.1 Å². The molecule has 2 rings (SSSR count). The van der Waals surface area contributed by atoms with Crippen molar-refractivity contribution in [1.29, 1.82) is 0 Å². The maximum absolute atomic E-state index is 11.4. The van der Waals surface area contributed by atoms with E-state index in [0.717, 1.165) is 43.2 Å². The van der Waals surface area contributed by atoms with Gasteiger partial charge in [-0.25, -0.2) is 9.78 Å². The lowest BCUT2D eigenvalue weighted by atomic mass is 10.3. The number of aromatic nitrogens is 1. The van der Waals surface area contributed by atoms with Crippen molar-refractivity contribution in [3.8, 4) is 0 Å². The molecule has 15 heavy (non-hydrogen) atoms. The number of nitrogens with one attached hydrogen (secondary N) is 1.